The number of rotatable bonds is 3. The van der Waals surface area contributed by atoms with Gasteiger partial charge >= 0.3 is 0 Å². The molecule has 0 N–H and O–H groups in total. The molecule has 210 valence electrons. The van der Waals surface area contributed by atoms with Gasteiger partial charge in [-0.2, -0.15) is 0 Å². The van der Waals surface area contributed by atoms with Gasteiger partial charge in [-0.1, -0.05) is 97.1 Å². The van der Waals surface area contributed by atoms with Gasteiger partial charge in [-0.25, -0.2) is 0 Å². The largest absolute Gasteiger partial charge is 0.455 e. The van der Waals surface area contributed by atoms with Crippen LogP contribution in [0, 0.1) is 0 Å². The van der Waals surface area contributed by atoms with Gasteiger partial charge in [0, 0.05) is 43.6 Å². The van der Waals surface area contributed by atoms with Crippen molar-refractivity contribution in [2.45, 2.75) is 0 Å². The molecule has 10 aromatic rings. The molecule has 0 aliphatic carbocycles. The lowest BCUT2D eigenvalue weighted by molar-refractivity contribution is 0.670. The van der Waals surface area contributed by atoms with Crippen molar-refractivity contribution in [3.05, 3.63) is 158 Å². The predicted molar refractivity (Wildman–Crippen MR) is 188 cm³/mol. The lowest BCUT2D eigenvalue weighted by Crippen LogP contribution is -1.98. The monoisotopic (exact) mass is 574 g/mol. The minimum absolute atomic E-state index is 0.898. The van der Waals surface area contributed by atoms with Gasteiger partial charge in [0.15, 0.2) is 0 Å². The summed E-state index contributed by atoms with van der Waals surface area (Å²) < 4.78 is 11.5. The maximum atomic E-state index is 6.76. The first-order valence-electron chi connectivity index (χ1n) is 15.4. The zero-order chi connectivity index (χ0) is 29.5. The summed E-state index contributed by atoms with van der Waals surface area (Å²) in [5, 5.41) is 7.18. The second-order valence-corrected chi connectivity index (χ2v) is 11.7. The highest BCUT2D eigenvalue weighted by Gasteiger charge is 2.22. The van der Waals surface area contributed by atoms with E-state index in [1.54, 1.807) is 0 Å². The van der Waals surface area contributed by atoms with Gasteiger partial charge in [0.05, 0.1) is 27.8 Å². The normalized spacial score (nSPS) is 12.0. The number of aromatic nitrogens is 2. The predicted octanol–water partition coefficient (Wildman–Crippen LogP) is 11.4. The van der Waals surface area contributed by atoms with Crippen LogP contribution in [0.2, 0.25) is 0 Å². The topological polar surface area (TPSA) is 23.0 Å². The molecule has 0 spiro atoms. The Morgan fingerprint density at radius 1 is 0.378 bits per heavy atom. The Morgan fingerprint density at radius 2 is 0.933 bits per heavy atom. The van der Waals surface area contributed by atoms with Gasteiger partial charge in [-0.3, -0.25) is 0 Å². The van der Waals surface area contributed by atoms with E-state index in [1.807, 2.05) is 6.07 Å². The fourth-order valence-corrected chi connectivity index (χ4v) is 7.41. The van der Waals surface area contributed by atoms with E-state index >= 15 is 0 Å². The van der Waals surface area contributed by atoms with Crippen molar-refractivity contribution in [1.82, 2.24) is 9.13 Å². The van der Waals surface area contributed by atoms with Crippen LogP contribution < -0.4 is 0 Å². The van der Waals surface area contributed by atoms with Crippen LogP contribution in [-0.4, -0.2) is 9.13 Å². The molecule has 0 fully saturated rings. The molecular weight excluding hydrogens is 548 g/mol. The Kier molecular flexibility index (Phi) is 5.00. The van der Waals surface area contributed by atoms with Crippen molar-refractivity contribution in [2.24, 2.45) is 0 Å². The number of furan rings is 1. The van der Waals surface area contributed by atoms with E-state index in [0.717, 1.165) is 44.4 Å². The summed E-state index contributed by atoms with van der Waals surface area (Å²) in [6.45, 7) is 0. The van der Waals surface area contributed by atoms with Crippen LogP contribution >= 0.6 is 0 Å². The van der Waals surface area contributed by atoms with Crippen LogP contribution in [0.5, 0.6) is 0 Å². The van der Waals surface area contributed by atoms with Crippen LogP contribution in [0.1, 0.15) is 0 Å². The second kappa shape index (κ2) is 9.22. The number of nitrogens with zero attached hydrogens (tertiary/aromatic N) is 2. The van der Waals surface area contributed by atoms with Gasteiger partial charge < -0.3 is 13.6 Å². The first kappa shape index (κ1) is 24.4. The van der Waals surface area contributed by atoms with Gasteiger partial charge in [0.25, 0.3) is 0 Å². The lowest BCUT2D eigenvalue weighted by Gasteiger charge is -2.15. The molecule has 0 aliphatic rings. The smallest absolute Gasteiger partial charge is 0.145 e. The molecule has 0 radical (unpaired) electrons. The van der Waals surface area contributed by atoms with E-state index < -0.39 is 0 Å². The zero-order valence-electron chi connectivity index (χ0n) is 24.3. The Balaban J connectivity index is 1.35. The maximum Gasteiger partial charge on any atom is 0.145 e. The summed E-state index contributed by atoms with van der Waals surface area (Å²) in [6.07, 6.45) is 0. The van der Waals surface area contributed by atoms with Crippen LogP contribution in [-0.2, 0) is 0 Å². The summed E-state index contributed by atoms with van der Waals surface area (Å²) in [6, 6.07) is 56.5. The van der Waals surface area contributed by atoms with Crippen LogP contribution in [0.3, 0.4) is 0 Å². The highest BCUT2D eigenvalue weighted by atomic mass is 16.3. The highest BCUT2D eigenvalue weighted by molar-refractivity contribution is 6.16. The molecule has 0 saturated heterocycles. The lowest BCUT2D eigenvalue weighted by atomic mass is 9.98. The number of hydrogen-bond acceptors (Lipinski definition) is 1. The third-order valence-electron chi connectivity index (χ3n) is 9.32. The summed E-state index contributed by atoms with van der Waals surface area (Å²) in [4.78, 5) is 0. The Morgan fingerprint density at radius 3 is 1.64 bits per heavy atom. The number of hydrogen-bond donors (Lipinski definition) is 0. The summed E-state index contributed by atoms with van der Waals surface area (Å²) in [5.41, 5.74) is 11.0. The third-order valence-corrected chi connectivity index (χ3v) is 9.32. The summed E-state index contributed by atoms with van der Waals surface area (Å²) in [7, 11) is 0. The van der Waals surface area contributed by atoms with Crippen molar-refractivity contribution in [3.63, 3.8) is 0 Å². The number of benzene rings is 7. The average Bonchev–Trinajstić information content (AvgIpc) is 3.76. The zero-order valence-corrected chi connectivity index (χ0v) is 24.3. The first-order chi connectivity index (χ1) is 22.3. The van der Waals surface area contributed by atoms with Gasteiger partial charge in [0.1, 0.15) is 11.2 Å². The van der Waals surface area contributed by atoms with Gasteiger partial charge in [-0.05, 0) is 66.2 Å². The van der Waals surface area contributed by atoms with Crippen LogP contribution in [0.4, 0.5) is 0 Å². The fraction of sp³-hybridized carbons (Fsp3) is 0. The SMILES string of the molecule is c1ccc(-n2c3ccccc3c3cc(-c4c(-n5c6ccccc6c6ccccc65)ccc5c4oc4ccccc45)ccc32)cc1. The van der Waals surface area contributed by atoms with Gasteiger partial charge in [0.2, 0.25) is 0 Å². The Hall–Kier alpha value is -6.06. The third kappa shape index (κ3) is 3.41. The van der Waals surface area contributed by atoms with Crippen molar-refractivity contribution >= 4 is 65.6 Å². The Labute approximate surface area is 258 Å². The van der Waals surface area contributed by atoms with Crippen molar-refractivity contribution < 1.29 is 4.42 Å². The molecule has 45 heavy (non-hydrogen) atoms. The molecule has 10 rings (SSSR count). The van der Waals surface area contributed by atoms with E-state index in [0.29, 0.717) is 0 Å². The van der Waals surface area contributed by atoms with Crippen molar-refractivity contribution in [2.75, 3.05) is 0 Å². The molecule has 3 nitrogen and oxygen atoms in total. The molecule has 3 aromatic heterocycles. The molecular formula is C42H26N2O. The number of para-hydroxylation sites is 5. The van der Waals surface area contributed by atoms with Crippen LogP contribution in [0.15, 0.2) is 162 Å². The summed E-state index contributed by atoms with van der Waals surface area (Å²) in [5.74, 6) is 0. The molecule has 7 aromatic carbocycles. The van der Waals surface area contributed by atoms with E-state index in [4.69, 9.17) is 4.42 Å². The maximum absolute atomic E-state index is 6.76. The van der Waals surface area contributed by atoms with Crippen molar-refractivity contribution in [3.8, 4) is 22.5 Å². The van der Waals surface area contributed by atoms with E-state index in [-0.39, 0.29) is 0 Å². The molecule has 0 bridgehead atoms. The first-order valence-corrected chi connectivity index (χ1v) is 15.4. The molecule has 0 unspecified atom stereocenters. The molecule has 0 atom stereocenters. The van der Waals surface area contributed by atoms with E-state index in [9.17, 15) is 0 Å². The molecule has 3 heterocycles. The highest BCUT2D eigenvalue weighted by Crippen LogP contribution is 2.44. The second-order valence-electron chi connectivity index (χ2n) is 11.7. The average molecular weight is 575 g/mol. The standard InChI is InChI=1S/C42H26N2O/c1-2-12-28(13-3-1)43-35-18-8-6-16-31(35)34-26-27(22-24-38(34)43)41-39(25-23-33-32-17-7-11-21-40(32)45-42(33)41)44-36-19-9-4-14-29(36)30-15-5-10-20-37(30)44/h1-26H. The van der Waals surface area contributed by atoms with Gasteiger partial charge in [-0.15, -0.1) is 0 Å². The Bertz CT molecular complexity index is 2710. The molecule has 3 heteroatoms. The molecule has 0 saturated carbocycles. The molecule has 0 aliphatic heterocycles. The minimum Gasteiger partial charge on any atom is -0.455 e. The van der Waals surface area contributed by atoms with E-state index in [1.165, 1.54) is 43.6 Å². The van der Waals surface area contributed by atoms with E-state index in [2.05, 4.69) is 161 Å². The summed E-state index contributed by atoms with van der Waals surface area (Å²) >= 11 is 0. The van der Waals surface area contributed by atoms with Crippen molar-refractivity contribution in [1.29, 1.82) is 0 Å². The number of fused-ring (bicyclic) bond motifs is 9. The minimum atomic E-state index is 0.898. The molecule has 0 amide bonds. The quantitative estimate of drug-likeness (QED) is 0.206. The fourth-order valence-electron chi connectivity index (χ4n) is 7.41. The van der Waals surface area contributed by atoms with Crippen LogP contribution in [0.25, 0.3) is 88.1 Å².